The molecule has 2 aromatic rings. The molecule has 0 atom stereocenters. The molecule has 206 valence electrons. The van der Waals surface area contributed by atoms with Crippen LogP contribution < -0.4 is 21.2 Å². The van der Waals surface area contributed by atoms with E-state index in [1.807, 2.05) is 32.9 Å². The molecule has 0 aliphatic carbocycles. The van der Waals surface area contributed by atoms with E-state index in [0.29, 0.717) is 17.2 Å². The molecule has 2 aliphatic heterocycles. The Labute approximate surface area is 227 Å². The molecule has 1 aromatic heterocycles. The molecule has 2 N–H and O–H groups in total. The molecule has 2 aliphatic rings. The minimum atomic E-state index is -0.277. The van der Waals surface area contributed by atoms with Gasteiger partial charge in [-0.25, -0.2) is 0 Å². The summed E-state index contributed by atoms with van der Waals surface area (Å²) in [7, 11) is 0. The number of hydrogen-bond acceptors (Lipinski definition) is 5. The molecular weight excluding hydrogens is 477 g/mol. The number of nitrogens with zero attached hydrogens (tertiary/aromatic N) is 1. The number of carbonyl (C=O) groups excluding carboxylic acids is 1. The summed E-state index contributed by atoms with van der Waals surface area (Å²) < 4.78 is 12.2. The number of aromatic amines is 1. The van der Waals surface area contributed by atoms with Crippen molar-refractivity contribution in [2.24, 2.45) is 5.41 Å². The van der Waals surface area contributed by atoms with Crippen LogP contribution in [0.25, 0.3) is 0 Å². The lowest BCUT2D eigenvalue weighted by Crippen LogP contribution is -2.42. The monoisotopic (exact) mass is 521 g/mol. The number of amides is 1. The van der Waals surface area contributed by atoms with E-state index in [1.54, 1.807) is 0 Å². The van der Waals surface area contributed by atoms with Gasteiger partial charge in [0.2, 0.25) is 0 Å². The summed E-state index contributed by atoms with van der Waals surface area (Å²) in [5, 5.41) is 3.03. The zero-order valence-corrected chi connectivity index (χ0v) is 24.4. The Kier molecular flexibility index (Phi) is 8.15. The van der Waals surface area contributed by atoms with Gasteiger partial charge in [0.25, 0.3) is 11.5 Å². The lowest BCUT2D eigenvalue weighted by molar-refractivity contribution is 0.0375. The molecule has 2 saturated heterocycles. The molecule has 3 heterocycles. The Morgan fingerprint density at radius 3 is 2.39 bits per heavy atom. The number of nitrogens with one attached hydrogen (secondary N) is 2. The molecule has 0 saturated carbocycles. The zero-order chi connectivity index (χ0) is 27.8. The van der Waals surface area contributed by atoms with E-state index < -0.39 is 0 Å². The number of aryl methyl sites for hydroxylation is 2. The van der Waals surface area contributed by atoms with Gasteiger partial charge in [0, 0.05) is 54.9 Å². The second-order valence-electron chi connectivity index (χ2n) is 12.2. The van der Waals surface area contributed by atoms with E-state index >= 15 is 0 Å². The molecule has 8 heteroatoms. The van der Waals surface area contributed by atoms with Crippen molar-refractivity contribution in [3.63, 3.8) is 0 Å². The first-order valence-electron chi connectivity index (χ1n) is 14.0. The van der Waals surface area contributed by atoms with Crippen molar-refractivity contribution in [1.82, 2.24) is 10.3 Å². The van der Waals surface area contributed by atoms with Gasteiger partial charge in [0.05, 0.1) is 5.60 Å². The number of pyridine rings is 1. The first-order valence-corrected chi connectivity index (χ1v) is 14.0. The Bertz CT molecular complexity index is 1230. The fourth-order valence-corrected chi connectivity index (χ4v) is 5.88. The number of H-pyrrole nitrogens is 1. The first kappa shape index (κ1) is 28.4. The Morgan fingerprint density at radius 2 is 1.82 bits per heavy atom. The second kappa shape index (κ2) is 10.9. The van der Waals surface area contributed by atoms with Crippen LogP contribution in [0.15, 0.2) is 23.0 Å². The standard InChI is InChI=1S/C30H44BN3O4/c1-9-34(23-10-12-37-13-11-23)26-16-22(31-18-29(5,6)30(7,8)38-31)15-24(21(26)4)27(35)32-17-25-19(2)14-20(3)33-28(25)36/h14-16,23H,9-13,17-18H2,1-8H3,(H,32,35)(H,33,36). The van der Waals surface area contributed by atoms with Gasteiger partial charge in [0.1, 0.15) is 0 Å². The van der Waals surface area contributed by atoms with E-state index in [4.69, 9.17) is 9.39 Å². The van der Waals surface area contributed by atoms with E-state index in [0.717, 1.165) is 66.9 Å². The lowest BCUT2D eigenvalue weighted by atomic mass is 9.54. The van der Waals surface area contributed by atoms with Crippen molar-refractivity contribution in [1.29, 1.82) is 0 Å². The van der Waals surface area contributed by atoms with Crippen molar-refractivity contribution in [3.05, 3.63) is 56.5 Å². The van der Waals surface area contributed by atoms with Crippen LogP contribution in [-0.2, 0) is 15.9 Å². The van der Waals surface area contributed by atoms with Crippen LogP contribution in [0.2, 0.25) is 6.32 Å². The summed E-state index contributed by atoms with van der Waals surface area (Å²) in [6, 6.07) is 6.54. The average molecular weight is 522 g/mol. The topological polar surface area (TPSA) is 83.7 Å². The average Bonchev–Trinajstić information content (AvgIpc) is 3.07. The van der Waals surface area contributed by atoms with Gasteiger partial charge in [0.15, 0.2) is 0 Å². The van der Waals surface area contributed by atoms with Gasteiger partial charge in [-0.2, -0.15) is 0 Å². The fourth-order valence-electron chi connectivity index (χ4n) is 5.88. The molecule has 1 aromatic carbocycles. The SMILES string of the molecule is CCN(c1cc(B2CC(C)(C)C(C)(C)O2)cc(C(=O)NCc2c(C)cc(C)[nH]c2=O)c1C)C1CCOCC1. The maximum atomic E-state index is 13.7. The Hall–Kier alpha value is -2.58. The van der Waals surface area contributed by atoms with E-state index in [9.17, 15) is 9.59 Å². The normalized spacial score (nSPS) is 19.0. The Balaban J connectivity index is 1.72. The van der Waals surface area contributed by atoms with Crippen molar-refractivity contribution in [2.75, 3.05) is 24.7 Å². The number of anilines is 1. The molecule has 1 amide bonds. The van der Waals surface area contributed by atoms with Crippen molar-refractivity contribution >= 4 is 24.0 Å². The van der Waals surface area contributed by atoms with Gasteiger partial charge in [-0.05, 0) is 94.8 Å². The third-order valence-electron chi connectivity index (χ3n) is 8.98. The van der Waals surface area contributed by atoms with Crippen LogP contribution >= 0.6 is 0 Å². The fraction of sp³-hybridized carbons (Fsp3) is 0.600. The summed E-state index contributed by atoms with van der Waals surface area (Å²) in [6.45, 7) is 19.2. The van der Waals surface area contributed by atoms with Gasteiger partial charge in [-0.1, -0.05) is 19.9 Å². The first-order chi connectivity index (χ1) is 17.8. The maximum absolute atomic E-state index is 13.7. The summed E-state index contributed by atoms with van der Waals surface area (Å²) >= 11 is 0. The molecule has 38 heavy (non-hydrogen) atoms. The number of carbonyl (C=O) groups is 1. The number of hydrogen-bond donors (Lipinski definition) is 2. The molecule has 7 nitrogen and oxygen atoms in total. The molecule has 0 unspecified atom stereocenters. The molecule has 0 spiro atoms. The highest BCUT2D eigenvalue weighted by molar-refractivity contribution is 6.68. The van der Waals surface area contributed by atoms with Gasteiger partial charge in [-0.3, -0.25) is 9.59 Å². The van der Waals surface area contributed by atoms with E-state index in [2.05, 4.69) is 55.9 Å². The number of rotatable bonds is 7. The molecule has 0 radical (unpaired) electrons. The number of aromatic nitrogens is 1. The quantitative estimate of drug-likeness (QED) is 0.532. The van der Waals surface area contributed by atoms with Gasteiger partial charge < -0.3 is 24.6 Å². The predicted octanol–water partition coefficient (Wildman–Crippen LogP) is 4.27. The summed E-state index contributed by atoms with van der Waals surface area (Å²) in [6.07, 6.45) is 2.81. The van der Waals surface area contributed by atoms with Crippen LogP contribution in [0.3, 0.4) is 0 Å². The van der Waals surface area contributed by atoms with Crippen LogP contribution in [0.4, 0.5) is 5.69 Å². The highest BCUT2D eigenvalue weighted by Gasteiger charge is 2.50. The van der Waals surface area contributed by atoms with Crippen LogP contribution in [0.5, 0.6) is 0 Å². The molecular formula is C30H44BN3O4. The lowest BCUT2D eigenvalue weighted by Gasteiger charge is -2.37. The van der Waals surface area contributed by atoms with Gasteiger partial charge in [-0.15, -0.1) is 0 Å². The third kappa shape index (κ3) is 5.57. The third-order valence-corrected chi connectivity index (χ3v) is 8.98. The molecule has 4 rings (SSSR count). The van der Waals surface area contributed by atoms with Crippen molar-refractivity contribution in [2.45, 2.75) is 92.7 Å². The predicted molar refractivity (Wildman–Crippen MR) is 155 cm³/mol. The maximum Gasteiger partial charge on any atom is 0.328 e. The summed E-state index contributed by atoms with van der Waals surface area (Å²) in [5.74, 6) is -0.176. The molecule has 0 bridgehead atoms. The second-order valence-corrected chi connectivity index (χ2v) is 12.2. The largest absolute Gasteiger partial charge is 0.426 e. The van der Waals surface area contributed by atoms with Crippen molar-refractivity contribution < 1.29 is 14.2 Å². The smallest absolute Gasteiger partial charge is 0.328 e. The summed E-state index contributed by atoms with van der Waals surface area (Å²) in [4.78, 5) is 31.5. The van der Waals surface area contributed by atoms with Crippen LogP contribution in [0.1, 0.15) is 80.2 Å². The van der Waals surface area contributed by atoms with E-state index in [1.165, 1.54) is 0 Å². The highest BCUT2D eigenvalue weighted by Crippen LogP contribution is 2.45. The minimum Gasteiger partial charge on any atom is -0.426 e. The van der Waals surface area contributed by atoms with Crippen LogP contribution in [-0.4, -0.2) is 49.2 Å². The number of ether oxygens (including phenoxy) is 1. The van der Waals surface area contributed by atoms with Gasteiger partial charge >= 0.3 is 6.92 Å². The minimum absolute atomic E-state index is 0.000282. The summed E-state index contributed by atoms with van der Waals surface area (Å²) in [5.41, 5.74) is 5.53. The zero-order valence-electron chi connectivity index (χ0n) is 24.4. The van der Waals surface area contributed by atoms with E-state index in [-0.39, 0.29) is 35.9 Å². The van der Waals surface area contributed by atoms with Crippen molar-refractivity contribution in [3.8, 4) is 0 Å². The highest BCUT2D eigenvalue weighted by atomic mass is 16.5. The molecule has 2 fully saturated rings. The number of benzene rings is 1. The van der Waals surface area contributed by atoms with Crippen LogP contribution in [0, 0.1) is 26.2 Å². The Morgan fingerprint density at radius 1 is 1.13 bits per heavy atom.